The quantitative estimate of drug-likeness (QED) is 0.160. The first-order valence-electron chi connectivity index (χ1n) is 24.7. The number of amides is 2. The van der Waals surface area contributed by atoms with Crippen molar-refractivity contribution < 1.29 is 57.2 Å². The number of hydrogen-bond acceptors (Lipinski definition) is 14. The van der Waals surface area contributed by atoms with E-state index in [0.29, 0.717) is 77.3 Å². The van der Waals surface area contributed by atoms with Crippen molar-refractivity contribution in [2.24, 2.45) is 47.3 Å². The van der Waals surface area contributed by atoms with Crippen LogP contribution in [0.3, 0.4) is 0 Å². The van der Waals surface area contributed by atoms with Crippen molar-refractivity contribution in [3.63, 3.8) is 0 Å². The van der Waals surface area contributed by atoms with Crippen LogP contribution in [0.4, 0.5) is 9.59 Å². The van der Waals surface area contributed by atoms with Gasteiger partial charge in [0, 0.05) is 26.2 Å². The molecular weight excluding hydrogens is 873 g/mol. The van der Waals surface area contributed by atoms with Crippen LogP contribution in [0.5, 0.6) is 0 Å². The number of carbonyl (C=O) groups excluding carboxylic acids is 6. The third-order valence-electron chi connectivity index (χ3n) is 12.7. The van der Waals surface area contributed by atoms with Crippen LogP contribution in [0.25, 0.3) is 0 Å². The Morgan fingerprint density at radius 1 is 0.456 bits per heavy atom. The molecule has 4 aliphatic heterocycles. The Kier molecular flexibility index (Phi) is 26.7. The van der Waals surface area contributed by atoms with Crippen molar-refractivity contribution >= 4 is 36.1 Å². The average Bonchev–Trinajstić information content (AvgIpc) is 3.34. The van der Waals surface area contributed by atoms with Gasteiger partial charge in [-0.15, -0.1) is 0 Å². The van der Waals surface area contributed by atoms with Gasteiger partial charge in [-0.25, -0.2) is 9.59 Å². The zero-order chi connectivity index (χ0) is 49.8. The highest BCUT2D eigenvalue weighted by Gasteiger charge is 2.36. The van der Waals surface area contributed by atoms with Gasteiger partial charge < -0.3 is 48.9 Å². The molecule has 68 heavy (non-hydrogen) atoms. The molecule has 2 aromatic rings. The Balaban J connectivity index is 0.000000250. The van der Waals surface area contributed by atoms with E-state index in [0.717, 1.165) is 50.1 Å². The van der Waals surface area contributed by atoms with Crippen molar-refractivity contribution in [1.82, 2.24) is 20.4 Å². The second-order valence-corrected chi connectivity index (χ2v) is 17.9. The predicted molar refractivity (Wildman–Crippen MR) is 258 cm³/mol. The molecule has 2 amide bonds. The molecule has 2 aromatic carbocycles. The summed E-state index contributed by atoms with van der Waals surface area (Å²) >= 11 is 0. The summed E-state index contributed by atoms with van der Waals surface area (Å²) in [6.45, 7) is 23.6. The second kappa shape index (κ2) is 31.8. The summed E-state index contributed by atoms with van der Waals surface area (Å²) in [5.74, 6) is 0.607. The fourth-order valence-corrected chi connectivity index (χ4v) is 8.67. The molecule has 0 aromatic heterocycles. The van der Waals surface area contributed by atoms with Gasteiger partial charge >= 0.3 is 36.1 Å². The Labute approximate surface area is 404 Å². The number of nitrogens with one attached hydrogen (secondary N) is 2. The Bertz CT molecular complexity index is 1670. The summed E-state index contributed by atoms with van der Waals surface area (Å²) in [7, 11) is 0. The predicted octanol–water partition coefficient (Wildman–Crippen LogP) is 7.28. The molecule has 4 aliphatic rings. The van der Waals surface area contributed by atoms with E-state index in [4.69, 9.17) is 28.4 Å². The van der Waals surface area contributed by atoms with Gasteiger partial charge in [0.05, 0.1) is 50.1 Å². The van der Waals surface area contributed by atoms with Crippen LogP contribution < -0.4 is 10.6 Å². The number of rotatable bonds is 12. The zero-order valence-corrected chi connectivity index (χ0v) is 41.9. The highest BCUT2D eigenvalue weighted by molar-refractivity contribution is 5.75. The van der Waals surface area contributed by atoms with E-state index < -0.39 is 0 Å². The summed E-state index contributed by atoms with van der Waals surface area (Å²) in [5.41, 5.74) is 1.93. The van der Waals surface area contributed by atoms with Crippen LogP contribution in [-0.2, 0) is 60.8 Å². The van der Waals surface area contributed by atoms with E-state index in [2.05, 4.69) is 24.5 Å². The number of carbonyl (C=O) groups is 6. The monoisotopic (exact) mass is 953 g/mol. The topological polar surface area (TPSA) is 188 Å². The van der Waals surface area contributed by atoms with E-state index in [9.17, 15) is 28.8 Å². The van der Waals surface area contributed by atoms with Crippen LogP contribution in [0.1, 0.15) is 92.2 Å². The molecule has 6 rings (SSSR count). The summed E-state index contributed by atoms with van der Waals surface area (Å²) in [6.07, 6.45) is 2.44. The highest BCUT2D eigenvalue weighted by atomic mass is 16.6. The number of ether oxygens (including phenoxy) is 6. The minimum absolute atomic E-state index is 0.0218. The Morgan fingerprint density at radius 3 is 1.04 bits per heavy atom. The summed E-state index contributed by atoms with van der Waals surface area (Å²) in [6, 6.07) is 19.2. The number of hydrogen-bond donors (Lipinski definition) is 2. The van der Waals surface area contributed by atoms with Crippen molar-refractivity contribution in [2.75, 3.05) is 78.8 Å². The van der Waals surface area contributed by atoms with Gasteiger partial charge in [0.15, 0.2) is 0 Å². The Morgan fingerprint density at radius 2 is 0.765 bits per heavy atom. The van der Waals surface area contributed by atoms with Gasteiger partial charge in [0.1, 0.15) is 13.2 Å². The third-order valence-corrected chi connectivity index (χ3v) is 12.7. The molecule has 4 fully saturated rings. The molecule has 16 nitrogen and oxygen atoms in total. The first-order chi connectivity index (χ1) is 32.7. The SMILES string of the molecule is CCOC(=O)[C@@H]1CCN(C(=O)OCc2ccccc2)C[C@@H]1C.CCOC(=O)[C@@H]1CCNC[C@@H]1C.CCOC(=O)[C@H]1CCN(C(=O)OCc2ccccc2)C[C@H]1C.CCOC(=O)[C@H]1CCNC[C@H]1C. The molecule has 0 bridgehead atoms. The van der Waals surface area contributed by atoms with E-state index in [1.165, 1.54) is 0 Å². The van der Waals surface area contributed by atoms with E-state index in [1.54, 1.807) is 23.6 Å². The first-order valence-corrected chi connectivity index (χ1v) is 24.7. The van der Waals surface area contributed by atoms with Crippen molar-refractivity contribution in [1.29, 1.82) is 0 Å². The minimum atomic E-state index is -0.321. The third kappa shape index (κ3) is 19.8. The maximum Gasteiger partial charge on any atom is 0.410 e. The lowest BCUT2D eigenvalue weighted by molar-refractivity contribution is -0.152. The van der Waals surface area contributed by atoms with Crippen molar-refractivity contribution in [3.8, 4) is 0 Å². The standard InChI is InChI=1S/2C17H23NO4.2C9H17NO2/c2*1-3-21-16(19)15-9-10-18(11-13(15)2)17(20)22-12-14-7-5-4-6-8-14;2*1-3-12-9(11)8-4-5-10-6-7(8)2/h2*4-8,13,15H,3,9-12H2,1-2H3;2*7-8,10H,3-6H2,1-2H3/t2*13-,15+;2*7-,8+/m1010/s1. The van der Waals surface area contributed by atoms with E-state index in [-0.39, 0.29) is 84.8 Å². The van der Waals surface area contributed by atoms with Crippen molar-refractivity contribution in [3.05, 3.63) is 71.8 Å². The zero-order valence-electron chi connectivity index (χ0n) is 41.9. The summed E-state index contributed by atoms with van der Waals surface area (Å²) in [4.78, 5) is 73.9. The minimum Gasteiger partial charge on any atom is -0.466 e. The van der Waals surface area contributed by atoms with Crippen LogP contribution in [0.2, 0.25) is 0 Å². The number of nitrogens with zero attached hydrogens (tertiary/aromatic N) is 2. The maximum atomic E-state index is 12.1. The lowest BCUT2D eigenvalue weighted by Crippen LogP contribution is -2.45. The molecular formula is C52H80N4O12. The number of piperidine rings is 4. The van der Waals surface area contributed by atoms with Gasteiger partial charge in [-0.05, 0) is 114 Å². The van der Waals surface area contributed by atoms with Crippen LogP contribution >= 0.6 is 0 Å². The van der Waals surface area contributed by atoms with Crippen LogP contribution in [0.15, 0.2) is 60.7 Å². The normalized spacial score (nSPS) is 24.3. The number of likely N-dealkylation sites (tertiary alicyclic amines) is 2. The van der Waals surface area contributed by atoms with Crippen molar-refractivity contribution in [2.45, 2.75) is 94.3 Å². The maximum absolute atomic E-state index is 12.1. The van der Waals surface area contributed by atoms with Crippen LogP contribution in [0, 0.1) is 47.3 Å². The number of esters is 4. The molecule has 0 aliphatic carbocycles. The summed E-state index contributed by atoms with van der Waals surface area (Å²) in [5, 5.41) is 6.51. The highest BCUT2D eigenvalue weighted by Crippen LogP contribution is 2.27. The van der Waals surface area contributed by atoms with Gasteiger partial charge in [-0.1, -0.05) is 88.4 Å². The first kappa shape index (κ1) is 57.1. The molecule has 16 heteroatoms. The smallest absolute Gasteiger partial charge is 0.410 e. The Hall–Kier alpha value is -5.22. The van der Waals surface area contributed by atoms with Gasteiger partial charge in [0.2, 0.25) is 0 Å². The molecule has 4 saturated heterocycles. The van der Waals surface area contributed by atoms with Gasteiger partial charge in [-0.3, -0.25) is 19.2 Å². The van der Waals surface area contributed by atoms with Gasteiger partial charge in [0.25, 0.3) is 0 Å². The summed E-state index contributed by atoms with van der Waals surface area (Å²) < 4.78 is 30.8. The van der Waals surface area contributed by atoms with E-state index >= 15 is 0 Å². The molecule has 0 saturated carbocycles. The molecule has 0 radical (unpaired) electrons. The lowest BCUT2D eigenvalue weighted by atomic mass is 9.87. The van der Waals surface area contributed by atoms with Crippen LogP contribution in [-0.4, -0.2) is 125 Å². The van der Waals surface area contributed by atoms with Gasteiger partial charge in [-0.2, -0.15) is 0 Å². The molecule has 0 spiro atoms. The number of benzene rings is 2. The molecule has 8 atom stereocenters. The molecule has 2 N–H and O–H groups in total. The molecule has 0 unspecified atom stereocenters. The average molecular weight is 953 g/mol. The fourth-order valence-electron chi connectivity index (χ4n) is 8.67. The lowest BCUT2D eigenvalue weighted by Gasteiger charge is -2.34. The molecule has 4 heterocycles. The largest absolute Gasteiger partial charge is 0.466 e. The molecule has 380 valence electrons. The second-order valence-electron chi connectivity index (χ2n) is 17.9. The van der Waals surface area contributed by atoms with E-state index in [1.807, 2.05) is 88.4 Å². The fraction of sp³-hybridized carbons (Fsp3) is 0.654.